The zero-order valence-corrected chi connectivity index (χ0v) is 11.6. The van der Waals surface area contributed by atoms with Crippen LogP contribution in [0.25, 0.3) is 0 Å². The molecule has 1 saturated heterocycles. The standard InChI is InChI=1S/C13H17BrN2O2/c14-10-4-1-3-9(7-10)12(17)8-16-11-5-2-6-15-13(11)18/h1,3-4,7,11-12,16-17H,2,5-6,8H2,(H,15,18). The van der Waals surface area contributed by atoms with Crippen molar-refractivity contribution in [3.8, 4) is 0 Å². The van der Waals surface area contributed by atoms with Gasteiger partial charge in [-0.3, -0.25) is 4.79 Å². The predicted octanol–water partition coefficient (Wildman–Crippen LogP) is 1.35. The maximum atomic E-state index is 11.5. The van der Waals surface area contributed by atoms with E-state index >= 15 is 0 Å². The van der Waals surface area contributed by atoms with E-state index in [0.29, 0.717) is 6.54 Å². The van der Waals surface area contributed by atoms with Crippen molar-refractivity contribution >= 4 is 21.8 Å². The van der Waals surface area contributed by atoms with Crippen LogP contribution in [0.1, 0.15) is 24.5 Å². The Kier molecular flexibility index (Phi) is 4.74. The van der Waals surface area contributed by atoms with Crippen molar-refractivity contribution in [2.45, 2.75) is 25.0 Å². The summed E-state index contributed by atoms with van der Waals surface area (Å²) < 4.78 is 0.939. The second-order valence-corrected chi connectivity index (χ2v) is 5.38. The first kappa shape index (κ1) is 13.5. The summed E-state index contributed by atoms with van der Waals surface area (Å²) in [4.78, 5) is 11.5. The lowest BCUT2D eigenvalue weighted by Gasteiger charge is -2.24. The molecule has 1 aliphatic heterocycles. The van der Waals surface area contributed by atoms with Crippen LogP contribution >= 0.6 is 15.9 Å². The summed E-state index contributed by atoms with van der Waals surface area (Å²) in [5.41, 5.74) is 0.841. The monoisotopic (exact) mass is 312 g/mol. The number of carbonyl (C=O) groups excluding carboxylic acids is 1. The van der Waals surface area contributed by atoms with Gasteiger partial charge in [0.25, 0.3) is 0 Å². The average Bonchev–Trinajstić information content (AvgIpc) is 2.37. The van der Waals surface area contributed by atoms with Gasteiger partial charge in [0.05, 0.1) is 12.1 Å². The fourth-order valence-electron chi connectivity index (χ4n) is 2.05. The molecular weight excluding hydrogens is 296 g/mol. The molecule has 1 aliphatic rings. The Hall–Kier alpha value is -0.910. The summed E-state index contributed by atoms with van der Waals surface area (Å²) in [6.07, 6.45) is 1.21. The van der Waals surface area contributed by atoms with E-state index in [1.54, 1.807) is 0 Å². The molecule has 0 saturated carbocycles. The number of nitrogens with one attached hydrogen (secondary N) is 2. The van der Waals surface area contributed by atoms with Crippen LogP contribution in [-0.4, -0.2) is 30.1 Å². The summed E-state index contributed by atoms with van der Waals surface area (Å²) >= 11 is 3.37. The number of rotatable bonds is 4. The first-order chi connectivity index (χ1) is 8.66. The summed E-state index contributed by atoms with van der Waals surface area (Å²) in [5.74, 6) is 0.0303. The van der Waals surface area contributed by atoms with Crippen LogP contribution in [0.3, 0.4) is 0 Å². The highest BCUT2D eigenvalue weighted by atomic mass is 79.9. The number of aliphatic hydroxyl groups is 1. The molecule has 1 heterocycles. The van der Waals surface area contributed by atoms with Crippen molar-refractivity contribution in [2.75, 3.05) is 13.1 Å². The zero-order chi connectivity index (χ0) is 13.0. The molecule has 0 aliphatic carbocycles. The van der Waals surface area contributed by atoms with Gasteiger partial charge >= 0.3 is 0 Å². The van der Waals surface area contributed by atoms with Gasteiger partial charge in [0.15, 0.2) is 0 Å². The van der Waals surface area contributed by atoms with E-state index in [1.165, 1.54) is 0 Å². The molecule has 2 atom stereocenters. The zero-order valence-electron chi connectivity index (χ0n) is 10.0. The molecule has 0 spiro atoms. The Morgan fingerprint density at radius 1 is 1.56 bits per heavy atom. The molecule has 98 valence electrons. The van der Waals surface area contributed by atoms with E-state index in [4.69, 9.17) is 0 Å². The van der Waals surface area contributed by atoms with Gasteiger partial charge in [-0.15, -0.1) is 0 Å². The van der Waals surface area contributed by atoms with Crippen LogP contribution in [0, 0.1) is 0 Å². The number of halogens is 1. The molecule has 5 heteroatoms. The van der Waals surface area contributed by atoms with Gasteiger partial charge in [-0.25, -0.2) is 0 Å². The third-order valence-corrected chi connectivity index (χ3v) is 3.57. The summed E-state index contributed by atoms with van der Waals surface area (Å²) in [6.45, 7) is 1.14. The Morgan fingerprint density at radius 2 is 2.39 bits per heavy atom. The Bertz CT molecular complexity index is 425. The SMILES string of the molecule is O=C1NCCCC1NCC(O)c1cccc(Br)c1. The maximum absolute atomic E-state index is 11.5. The second kappa shape index (κ2) is 6.31. The lowest BCUT2D eigenvalue weighted by atomic mass is 10.1. The number of hydrogen-bond donors (Lipinski definition) is 3. The highest BCUT2D eigenvalue weighted by Crippen LogP contribution is 2.18. The third kappa shape index (κ3) is 3.54. The van der Waals surface area contributed by atoms with Crippen molar-refractivity contribution in [3.63, 3.8) is 0 Å². The molecule has 1 amide bonds. The summed E-state index contributed by atoms with van der Waals surface area (Å²) in [6, 6.07) is 7.38. The average molecular weight is 313 g/mol. The fourth-order valence-corrected chi connectivity index (χ4v) is 2.47. The maximum Gasteiger partial charge on any atom is 0.237 e. The molecule has 4 nitrogen and oxygen atoms in total. The molecule has 2 rings (SSSR count). The number of amides is 1. The largest absolute Gasteiger partial charge is 0.387 e. The normalized spacial score (nSPS) is 21.4. The first-order valence-corrected chi connectivity index (χ1v) is 6.91. The first-order valence-electron chi connectivity index (χ1n) is 6.11. The van der Waals surface area contributed by atoms with Crippen LogP contribution in [0.4, 0.5) is 0 Å². The number of benzene rings is 1. The van der Waals surface area contributed by atoms with Crippen LogP contribution in [0.15, 0.2) is 28.7 Å². The molecular formula is C13H17BrN2O2. The summed E-state index contributed by atoms with van der Waals surface area (Å²) in [5, 5.41) is 16.0. The molecule has 0 aromatic heterocycles. The van der Waals surface area contributed by atoms with Gasteiger partial charge in [-0.2, -0.15) is 0 Å². The van der Waals surface area contributed by atoms with Crippen LogP contribution in [-0.2, 0) is 4.79 Å². The van der Waals surface area contributed by atoms with Crippen LogP contribution < -0.4 is 10.6 Å². The topological polar surface area (TPSA) is 61.4 Å². The van der Waals surface area contributed by atoms with Crippen LogP contribution in [0.5, 0.6) is 0 Å². The molecule has 1 aromatic carbocycles. The molecule has 2 unspecified atom stereocenters. The lowest BCUT2D eigenvalue weighted by molar-refractivity contribution is -0.124. The fraction of sp³-hybridized carbons (Fsp3) is 0.462. The van der Waals surface area contributed by atoms with Gasteiger partial charge < -0.3 is 15.7 Å². The van der Waals surface area contributed by atoms with Gasteiger partial charge in [0.2, 0.25) is 5.91 Å². The van der Waals surface area contributed by atoms with Gasteiger partial charge in [-0.05, 0) is 30.5 Å². The summed E-state index contributed by atoms with van der Waals surface area (Å²) in [7, 11) is 0. The molecule has 0 bridgehead atoms. The third-order valence-electron chi connectivity index (χ3n) is 3.08. The van der Waals surface area contributed by atoms with Crippen molar-refractivity contribution in [3.05, 3.63) is 34.3 Å². The Labute approximate surface area is 115 Å². The van der Waals surface area contributed by atoms with Gasteiger partial charge in [-0.1, -0.05) is 28.1 Å². The number of carbonyl (C=O) groups is 1. The van der Waals surface area contributed by atoms with Gasteiger partial charge in [0.1, 0.15) is 0 Å². The molecule has 1 aromatic rings. The predicted molar refractivity (Wildman–Crippen MR) is 73.1 cm³/mol. The highest BCUT2D eigenvalue weighted by molar-refractivity contribution is 9.10. The number of piperidine rings is 1. The van der Waals surface area contributed by atoms with Crippen molar-refractivity contribution in [1.29, 1.82) is 0 Å². The molecule has 3 N–H and O–H groups in total. The second-order valence-electron chi connectivity index (χ2n) is 4.46. The minimum absolute atomic E-state index is 0.0303. The number of aliphatic hydroxyl groups excluding tert-OH is 1. The molecule has 1 fully saturated rings. The van der Waals surface area contributed by atoms with E-state index in [0.717, 1.165) is 29.4 Å². The minimum Gasteiger partial charge on any atom is -0.387 e. The highest BCUT2D eigenvalue weighted by Gasteiger charge is 2.22. The smallest absolute Gasteiger partial charge is 0.237 e. The minimum atomic E-state index is -0.600. The van der Waals surface area contributed by atoms with Crippen LogP contribution in [0.2, 0.25) is 0 Å². The van der Waals surface area contributed by atoms with Crippen molar-refractivity contribution in [2.24, 2.45) is 0 Å². The molecule has 0 radical (unpaired) electrons. The van der Waals surface area contributed by atoms with E-state index < -0.39 is 6.10 Å². The van der Waals surface area contributed by atoms with Crippen molar-refractivity contribution in [1.82, 2.24) is 10.6 Å². The van der Waals surface area contributed by atoms with Crippen molar-refractivity contribution < 1.29 is 9.90 Å². The quantitative estimate of drug-likeness (QED) is 0.786. The van der Waals surface area contributed by atoms with E-state index in [9.17, 15) is 9.90 Å². The molecule has 18 heavy (non-hydrogen) atoms. The lowest BCUT2D eigenvalue weighted by Crippen LogP contribution is -2.49. The van der Waals surface area contributed by atoms with E-state index in [-0.39, 0.29) is 11.9 Å². The van der Waals surface area contributed by atoms with E-state index in [2.05, 4.69) is 26.6 Å². The van der Waals surface area contributed by atoms with Gasteiger partial charge in [0, 0.05) is 17.6 Å². The Balaban J connectivity index is 1.87. The van der Waals surface area contributed by atoms with E-state index in [1.807, 2.05) is 24.3 Å². The Morgan fingerprint density at radius 3 is 3.11 bits per heavy atom. The number of hydrogen-bond acceptors (Lipinski definition) is 3.